The Hall–Kier alpha value is -2.49. The van der Waals surface area contributed by atoms with Gasteiger partial charge in [0.25, 0.3) is 0 Å². The van der Waals surface area contributed by atoms with Crippen molar-refractivity contribution in [2.45, 2.75) is 25.6 Å². The molecule has 0 atom stereocenters. The molecular formula is C16H17F3N6S. The van der Waals surface area contributed by atoms with Crippen LogP contribution in [0.3, 0.4) is 0 Å². The maximum atomic E-state index is 13.1. The number of pyridine rings is 1. The number of aromatic nitrogens is 3. The minimum absolute atomic E-state index is 0.139. The number of nitrogens with one attached hydrogen (secondary N) is 2. The van der Waals surface area contributed by atoms with Gasteiger partial charge in [-0.15, -0.1) is 0 Å². The Morgan fingerprint density at radius 2 is 2.00 bits per heavy atom. The van der Waals surface area contributed by atoms with Gasteiger partial charge in [0.05, 0.1) is 0 Å². The second-order valence-electron chi connectivity index (χ2n) is 5.80. The van der Waals surface area contributed by atoms with Gasteiger partial charge in [0.2, 0.25) is 5.95 Å². The summed E-state index contributed by atoms with van der Waals surface area (Å²) in [5, 5.41) is 5.68. The zero-order chi connectivity index (χ0) is 18.6. The third kappa shape index (κ3) is 4.78. The molecule has 0 bridgehead atoms. The Morgan fingerprint density at radius 3 is 2.65 bits per heavy atom. The van der Waals surface area contributed by atoms with Crippen molar-refractivity contribution in [3.8, 4) is 0 Å². The summed E-state index contributed by atoms with van der Waals surface area (Å²) in [6.07, 6.45) is 0.620. The molecule has 10 heteroatoms. The fourth-order valence-corrected chi connectivity index (χ4v) is 2.74. The molecule has 3 heterocycles. The highest BCUT2D eigenvalue weighted by atomic mass is 32.1. The molecule has 1 aliphatic heterocycles. The van der Waals surface area contributed by atoms with E-state index in [2.05, 4.69) is 25.6 Å². The Morgan fingerprint density at radius 1 is 1.23 bits per heavy atom. The molecule has 2 N–H and O–H groups in total. The van der Waals surface area contributed by atoms with Gasteiger partial charge in [-0.25, -0.2) is 4.98 Å². The van der Waals surface area contributed by atoms with Crippen molar-refractivity contribution in [3.05, 3.63) is 41.9 Å². The van der Waals surface area contributed by atoms with Crippen molar-refractivity contribution in [2.24, 2.45) is 0 Å². The van der Waals surface area contributed by atoms with E-state index in [1.54, 1.807) is 18.5 Å². The van der Waals surface area contributed by atoms with E-state index in [0.29, 0.717) is 19.6 Å². The van der Waals surface area contributed by atoms with Crippen LogP contribution in [0, 0.1) is 0 Å². The van der Waals surface area contributed by atoms with Gasteiger partial charge in [-0.3, -0.25) is 4.98 Å². The largest absolute Gasteiger partial charge is 0.433 e. The molecule has 138 valence electrons. The molecule has 0 aromatic carbocycles. The van der Waals surface area contributed by atoms with Crippen LogP contribution in [0.2, 0.25) is 0 Å². The topological polar surface area (TPSA) is 66.0 Å². The van der Waals surface area contributed by atoms with Crippen LogP contribution in [0.25, 0.3) is 0 Å². The minimum Gasteiger partial charge on any atom is -0.358 e. The number of thiocarbonyl (C=S) groups is 1. The molecule has 1 aliphatic rings. The quantitative estimate of drug-likeness (QED) is 0.788. The highest BCUT2D eigenvalue weighted by molar-refractivity contribution is 7.80. The van der Waals surface area contributed by atoms with Crippen LogP contribution in [0.15, 0.2) is 30.6 Å². The maximum absolute atomic E-state index is 13.1. The van der Waals surface area contributed by atoms with Crippen molar-refractivity contribution >= 4 is 29.1 Å². The number of halogens is 3. The number of hydrogen-bond acceptors (Lipinski definition) is 5. The molecule has 0 unspecified atom stereocenters. The van der Waals surface area contributed by atoms with Crippen molar-refractivity contribution in [1.82, 2.24) is 20.3 Å². The second-order valence-corrected chi connectivity index (χ2v) is 6.20. The van der Waals surface area contributed by atoms with Crippen molar-refractivity contribution in [3.63, 3.8) is 0 Å². The average Bonchev–Trinajstić information content (AvgIpc) is 3.14. The normalized spacial score (nSPS) is 14.3. The summed E-state index contributed by atoms with van der Waals surface area (Å²) in [6.45, 7) is 1.74. The summed E-state index contributed by atoms with van der Waals surface area (Å²) >= 11 is 5.13. The van der Waals surface area contributed by atoms with E-state index >= 15 is 0 Å². The average molecular weight is 382 g/mol. The zero-order valence-electron chi connectivity index (χ0n) is 13.8. The highest BCUT2D eigenvalue weighted by Crippen LogP contribution is 2.31. The first-order valence-electron chi connectivity index (χ1n) is 8.07. The number of rotatable bonds is 4. The molecule has 0 spiro atoms. The number of hydrogen-bond donors (Lipinski definition) is 2. The number of alkyl halides is 3. The van der Waals surface area contributed by atoms with Gasteiger partial charge in [-0.1, -0.05) is 6.07 Å². The molecule has 0 amide bonds. The Bertz CT molecular complexity index is 762. The van der Waals surface area contributed by atoms with Crippen molar-refractivity contribution in [1.29, 1.82) is 0 Å². The van der Waals surface area contributed by atoms with Crippen LogP contribution < -0.4 is 15.5 Å². The van der Waals surface area contributed by atoms with E-state index in [9.17, 15) is 13.2 Å². The summed E-state index contributed by atoms with van der Waals surface area (Å²) in [6, 6.07) is 4.61. The van der Waals surface area contributed by atoms with Gasteiger partial charge in [-0.05, 0) is 36.7 Å². The summed E-state index contributed by atoms with van der Waals surface area (Å²) in [4.78, 5) is 13.5. The van der Waals surface area contributed by atoms with E-state index in [4.69, 9.17) is 12.2 Å². The van der Waals surface area contributed by atoms with Crippen molar-refractivity contribution in [2.75, 3.05) is 23.3 Å². The van der Waals surface area contributed by atoms with E-state index in [1.807, 2.05) is 11.0 Å². The van der Waals surface area contributed by atoms with E-state index in [-0.39, 0.29) is 16.9 Å². The van der Waals surface area contributed by atoms with Crippen LogP contribution in [-0.2, 0) is 12.7 Å². The van der Waals surface area contributed by atoms with E-state index in [0.717, 1.165) is 24.5 Å². The monoisotopic (exact) mass is 382 g/mol. The molecule has 26 heavy (non-hydrogen) atoms. The van der Waals surface area contributed by atoms with Crippen LogP contribution in [0.4, 0.5) is 24.9 Å². The lowest BCUT2D eigenvalue weighted by Crippen LogP contribution is -2.30. The summed E-state index contributed by atoms with van der Waals surface area (Å²) in [7, 11) is 0. The first-order chi connectivity index (χ1) is 12.4. The van der Waals surface area contributed by atoms with Gasteiger partial charge in [-0.2, -0.15) is 18.2 Å². The van der Waals surface area contributed by atoms with Gasteiger partial charge >= 0.3 is 6.18 Å². The Balaban J connectivity index is 1.73. The standard InChI is InChI=1S/C16H17F3N6S/c17-16(18,19)12-8-13(25-6-1-2-7-25)23-14(22-12)24-15(26)21-10-11-4-3-5-20-9-11/h3-5,8-9H,1-2,6-7,10H2,(H2,21,22,23,24,26). The summed E-state index contributed by atoms with van der Waals surface area (Å²) < 4.78 is 39.4. The maximum Gasteiger partial charge on any atom is 0.433 e. The zero-order valence-corrected chi connectivity index (χ0v) is 14.6. The third-order valence-corrected chi connectivity index (χ3v) is 4.08. The predicted octanol–water partition coefficient (Wildman–Crippen LogP) is 2.98. The van der Waals surface area contributed by atoms with Crippen LogP contribution in [0.1, 0.15) is 24.1 Å². The summed E-state index contributed by atoms with van der Waals surface area (Å²) in [5.74, 6) is 0.0767. The number of anilines is 2. The lowest BCUT2D eigenvalue weighted by molar-refractivity contribution is -0.141. The first-order valence-corrected chi connectivity index (χ1v) is 8.47. The van der Waals surface area contributed by atoms with Gasteiger partial charge in [0, 0.05) is 38.1 Å². The van der Waals surface area contributed by atoms with Crippen LogP contribution >= 0.6 is 12.2 Å². The fraction of sp³-hybridized carbons (Fsp3) is 0.375. The van der Waals surface area contributed by atoms with Gasteiger partial charge in [0.1, 0.15) is 5.82 Å². The molecule has 0 radical (unpaired) electrons. The molecule has 1 saturated heterocycles. The lowest BCUT2D eigenvalue weighted by Gasteiger charge is -2.19. The van der Waals surface area contributed by atoms with Crippen LogP contribution in [-0.4, -0.2) is 33.2 Å². The molecule has 2 aromatic heterocycles. The second kappa shape index (κ2) is 7.81. The molecule has 0 aliphatic carbocycles. The SMILES string of the molecule is FC(F)(F)c1cc(N2CCCC2)nc(NC(=S)NCc2cccnc2)n1. The van der Waals surface area contributed by atoms with Gasteiger partial charge in [0.15, 0.2) is 10.8 Å². The molecule has 2 aromatic rings. The first kappa shape index (κ1) is 18.3. The minimum atomic E-state index is -4.56. The Kier molecular flexibility index (Phi) is 5.50. The molecule has 0 saturated carbocycles. The molecule has 3 rings (SSSR count). The molecule has 6 nitrogen and oxygen atoms in total. The number of nitrogens with zero attached hydrogens (tertiary/aromatic N) is 4. The fourth-order valence-electron chi connectivity index (χ4n) is 2.57. The van der Waals surface area contributed by atoms with Gasteiger partial charge < -0.3 is 15.5 Å². The lowest BCUT2D eigenvalue weighted by atomic mass is 10.3. The van der Waals surface area contributed by atoms with E-state index < -0.39 is 11.9 Å². The van der Waals surface area contributed by atoms with E-state index in [1.165, 1.54) is 0 Å². The van der Waals surface area contributed by atoms with Crippen LogP contribution in [0.5, 0.6) is 0 Å². The Labute approximate surface area is 153 Å². The summed E-state index contributed by atoms with van der Waals surface area (Å²) in [5.41, 5.74) is -0.105. The third-order valence-electron chi connectivity index (χ3n) is 3.83. The van der Waals surface area contributed by atoms with Crippen molar-refractivity contribution < 1.29 is 13.2 Å². The molecular weight excluding hydrogens is 365 g/mol. The smallest absolute Gasteiger partial charge is 0.358 e. The molecule has 1 fully saturated rings. The predicted molar refractivity (Wildman–Crippen MR) is 95.8 cm³/mol. The highest BCUT2D eigenvalue weighted by Gasteiger charge is 2.34.